The van der Waals surface area contributed by atoms with Crippen molar-refractivity contribution in [3.05, 3.63) is 70.3 Å². The fourth-order valence-electron chi connectivity index (χ4n) is 5.67. The fourth-order valence-corrected chi connectivity index (χ4v) is 5.67. The van der Waals surface area contributed by atoms with Crippen LogP contribution in [0.5, 0.6) is 23.0 Å². The SMILES string of the molecule is COc1cc(C(C)C)ccc1OC(C)(C)C(CO)C(O)c1cc(C)c(OC(C)(C)C(CO)C(=O)/C(C=C(C)C)=C/C(C)C)c(OC)c1. The Morgan fingerprint density at radius 1 is 0.830 bits per heavy atom. The second-order valence-electron chi connectivity index (χ2n) is 14.3. The van der Waals surface area contributed by atoms with E-state index in [9.17, 15) is 20.1 Å². The van der Waals surface area contributed by atoms with Gasteiger partial charge in [-0.15, -0.1) is 0 Å². The second kappa shape index (κ2) is 16.7. The smallest absolute Gasteiger partial charge is 0.171 e. The molecule has 47 heavy (non-hydrogen) atoms. The second-order valence-corrected chi connectivity index (χ2v) is 14.3. The summed E-state index contributed by atoms with van der Waals surface area (Å²) in [5.41, 5.74) is 1.64. The summed E-state index contributed by atoms with van der Waals surface area (Å²) >= 11 is 0. The lowest BCUT2D eigenvalue weighted by molar-refractivity contribution is -0.127. The number of allylic oxidation sites excluding steroid dienone is 4. The first-order valence-corrected chi connectivity index (χ1v) is 16.4. The number of methoxy groups -OCH3 is 2. The molecule has 0 aliphatic rings. The highest BCUT2D eigenvalue weighted by Gasteiger charge is 2.41. The van der Waals surface area contributed by atoms with E-state index in [1.807, 2.05) is 78.8 Å². The van der Waals surface area contributed by atoms with Gasteiger partial charge in [0.05, 0.1) is 45.4 Å². The van der Waals surface area contributed by atoms with Gasteiger partial charge in [-0.1, -0.05) is 51.5 Å². The van der Waals surface area contributed by atoms with Crippen molar-refractivity contribution in [1.82, 2.24) is 0 Å². The molecule has 0 bridgehead atoms. The Balaban J connectivity index is 2.46. The molecular weight excluding hydrogens is 596 g/mol. The predicted octanol–water partition coefficient (Wildman–Crippen LogP) is 7.52. The van der Waals surface area contributed by atoms with E-state index in [1.165, 1.54) is 7.11 Å². The maximum Gasteiger partial charge on any atom is 0.171 e. The number of carbonyl (C=O) groups excluding carboxylic acids is 1. The number of Topliss-reactive ketones (excluding diaryl/α,β-unsaturated/α-hetero) is 1. The number of aryl methyl sites for hydroxylation is 1. The summed E-state index contributed by atoms with van der Waals surface area (Å²) < 4.78 is 24.2. The van der Waals surface area contributed by atoms with E-state index in [0.717, 1.165) is 11.1 Å². The molecule has 0 aliphatic carbocycles. The van der Waals surface area contributed by atoms with Crippen molar-refractivity contribution in [3.8, 4) is 23.0 Å². The highest BCUT2D eigenvalue weighted by atomic mass is 16.5. The van der Waals surface area contributed by atoms with Gasteiger partial charge in [0.25, 0.3) is 0 Å². The van der Waals surface area contributed by atoms with Crippen molar-refractivity contribution in [2.24, 2.45) is 17.8 Å². The van der Waals surface area contributed by atoms with E-state index in [2.05, 4.69) is 13.8 Å². The van der Waals surface area contributed by atoms with Crippen LogP contribution >= 0.6 is 0 Å². The van der Waals surface area contributed by atoms with Crippen LogP contribution < -0.4 is 18.9 Å². The van der Waals surface area contributed by atoms with E-state index < -0.39 is 35.7 Å². The normalized spacial score (nSPS) is 14.5. The highest BCUT2D eigenvalue weighted by molar-refractivity contribution is 6.00. The number of rotatable bonds is 17. The van der Waals surface area contributed by atoms with E-state index >= 15 is 0 Å². The van der Waals surface area contributed by atoms with E-state index in [1.54, 1.807) is 33.1 Å². The minimum atomic E-state index is -1.13. The molecule has 3 unspecified atom stereocenters. The molecular formula is C39H58O8. The zero-order chi connectivity index (χ0) is 35.9. The van der Waals surface area contributed by atoms with E-state index in [-0.39, 0.29) is 18.3 Å². The van der Waals surface area contributed by atoms with E-state index in [0.29, 0.717) is 45.6 Å². The van der Waals surface area contributed by atoms with Crippen LogP contribution in [0.3, 0.4) is 0 Å². The number of ether oxygens (including phenoxy) is 4. The van der Waals surface area contributed by atoms with Crippen LogP contribution in [0.15, 0.2) is 53.6 Å². The van der Waals surface area contributed by atoms with Crippen LogP contribution in [-0.2, 0) is 4.79 Å². The number of hydrogen-bond donors (Lipinski definition) is 3. The Morgan fingerprint density at radius 2 is 1.43 bits per heavy atom. The van der Waals surface area contributed by atoms with Crippen molar-refractivity contribution < 1.29 is 39.1 Å². The summed E-state index contributed by atoms with van der Waals surface area (Å²) in [5, 5.41) is 32.6. The number of carbonyl (C=O) groups is 1. The Kier molecular flexibility index (Phi) is 14.1. The van der Waals surface area contributed by atoms with Gasteiger partial charge in [-0.05, 0) is 101 Å². The summed E-state index contributed by atoms with van der Waals surface area (Å²) in [5.74, 6) is 0.468. The first kappa shape index (κ1) is 39.8. The highest BCUT2D eigenvalue weighted by Crippen LogP contribution is 2.43. The Morgan fingerprint density at radius 3 is 1.91 bits per heavy atom. The van der Waals surface area contributed by atoms with Gasteiger partial charge >= 0.3 is 0 Å². The van der Waals surface area contributed by atoms with E-state index in [4.69, 9.17) is 18.9 Å². The monoisotopic (exact) mass is 654 g/mol. The molecule has 0 spiro atoms. The lowest BCUT2D eigenvalue weighted by atomic mass is 9.82. The van der Waals surface area contributed by atoms with Gasteiger partial charge in [0.2, 0.25) is 0 Å². The standard InChI is InChI=1S/C39H58O8/c1-23(2)16-28(17-24(3)4)35(42)31(22-41)39(10,11)47-37-26(7)18-29(20-34(37)45-13)36(43)30(21-40)38(8,9)46-32-15-14-27(25(5)6)19-33(32)44-12/h14-20,23,25,30-31,36,40-41,43H,21-22H2,1-13H3/b28-16+. The maximum atomic E-state index is 13.7. The Hall–Kier alpha value is -3.33. The molecule has 0 saturated carbocycles. The molecule has 3 atom stereocenters. The first-order chi connectivity index (χ1) is 21.8. The minimum absolute atomic E-state index is 0.139. The zero-order valence-corrected chi connectivity index (χ0v) is 30.7. The molecule has 0 amide bonds. The van der Waals surface area contributed by atoms with Crippen LogP contribution in [0.25, 0.3) is 0 Å². The van der Waals surface area contributed by atoms with Gasteiger partial charge in [-0.2, -0.15) is 0 Å². The number of aliphatic hydroxyl groups excluding tert-OH is 3. The quantitative estimate of drug-likeness (QED) is 0.119. The lowest BCUT2D eigenvalue weighted by Crippen LogP contribution is -2.45. The summed E-state index contributed by atoms with van der Waals surface area (Å²) in [4.78, 5) is 13.7. The molecule has 262 valence electrons. The van der Waals surface area contributed by atoms with Gasteiger partial charge in [-0.3, -0.25) is 4.79 Å². The molecule has 0 radical (unpaired) electrons. The number of benzene rings is 2. The Labute approximate surface area is 282 Å². The van der Waals surface area contributed by atoms with Crippen LogP contribution in [0, 0.1) is 24.7 Å². The van der Waals surface area contributed by atoms with Crippen molar-refractivity contribution in [3.63, 3.8) is 0 Å². The molecule has 2 aromatic rings. The molecule has 0 aromatic heterocycles. The zero-order valence-electron chi connectivity index (χ0n) is 30.7. The van der Waals surface area contributed by atoms with Crippen LogP contribution in [0.1, 0.15) is 97.9 Å². The number of hydrogen-bond acceptors (Lipinski definition) is 8. The van der Waals surface area contributed by atoms with Gasteiger partial charge < -0.3 is 34.3 Å². The maximum absolute atomic E-state index is 13.7. The number of ketones is 1. The topological polar surface area (TPSA) is 115 Å². The molecule has 8 nitrogen and oxygen atoms in total. The van der Waals surface area contributed by atoms with Crippen molar-refractivity contribution in [2.75, 3.05) is 27.4 Å². The van der Waals surface area contributed by atoms with Gasteiger partial charge in [0.1, 0.15) is 11.2 Å². The minimum Gasteiger partial charge on any atom is -0.493 e. The van der Waals surface area contributed by atoms with Crippen LogP contribution in [0.2, 0.25) is 0 Å². The third-order valence-electron chi connectivity index (χ3n) is 8.47. The van der Waals surface area contributed by atoms with Gasteiger partial charge in [-0.25, -0.2) is 0 Å². The summed E-state index contributed by atoms with van der Waals surface area (Å²) in [6, 6.07) is 9.22. The largest absolute Gasteiger partial charge is 0.493 e. The molecule has 2 aromatic carbocycles. The summed E-state index contributed by atoms with van der Waals surface area (Å²) in [6.45, 7) is 20.3. The fraction of sp³-hybridized carbons (Fsp3) is 0.564. The van der Waals surface area contributed by atoms with Crippen molar-refractivity contribution in [2.45, 2.75) is 99.4 Å². The molecule has 2 rings (SSSR count). The van der Waals surface area contributed by atoms with Crippen molar-refractivity contribution >= 4 is 5.78 Å². The van der Waals surface area contributed by atoms with Crippen molar-refractivity contribution in [1.29, 1.82) is 0 Å². The Bertz CT molecular complexity index is 1410. The predicted molar refractivity (Wildman–Crippen MR) is 188 cm³/mol. The molecule has 3 N–H and O–H groups in total. The van der Waals surface area contributed by atoms with Gasteiger partial charge in [0, 0.05) is 5.57 Å². The summed E-state index contributed by atoms with van der Waals surface area (Å²) in [6.07, 6.45) is 2.60. The molecule has 8 heteroatoms. The van der Waals surface area contributed by atoms with Crippen LogP contribution in [0.4, 0.5) is 0 Å². The molecule has 0 heterocycles. The van der Waals surface area contributed by atoms with Gasteiger partial charge in [0.15, 0.2) is 28.8 Å². The third-order valence-corrected chi connectivity index (χ3v) is 8.47. The van der Waals surface area contributed by atoms with Crippen LogP contribution in [-0.4, -0.2) is 59.7 Å². The molecule has 0 aliphatic heterocycles. The lowest BCUT2D eigenvalue weighted by Gasteiger charge is -2.38. The molecule has 0 fully saturated rings. The average Bonchev–Trinajstić information content (AvgIpc) is 2.97. The number of aliphatic hydroxyl groups is 3. The molecule has 0 saturated heterocycles. The third kappa shape index (κ3) is 10.1. The first-order valence-electron chi connectivity index (χ1n) is 16.4. The average molecular weight is 655 g/mol. The summed E-state index contributed by atoms with van der Waals surface area (Å²) in [7, 11) is 3.09.